The monoisotopic (exact) mass is 416 g/mol. The van der Waals surface area contributed by atoms with Crippen LogP contribution in [-0.4, -0.2) is 24.4 Å². The van der Waals surface area contributed by atoms with Gasteiger partial charge in [-0.3, -0.25) is 14.4 Å². The number of benzene rings is 3. The third kappa shape index (κ3) is 7.12. The van der Waals surface area contributed by atoms with Gasteiger partial charge < -0.3 is 15.4 Å². The standard InChI is InChI=1S/C25H24N2O4/c28-23(26-17-19-10-4-1-5-11-19)18-31-24(29)16-22(20-12-6-2-7-13-20)27-25(30)21-14-8-3-9-15-21/h1-15,22H,16-18H2,(H,26,28)(H,27,30)/t22-/m1/s1. The maximum Gasteiger partial charge on any atom is 0.308 e. The molecule has 1 atom stereocenters. The number of nitrogens with one attached hydrogen (secondary N) is 2. The van der Waals surface area contributed by atoms with Crippen LogP contribution in [0.15, 0.2) is 91.0 Å². The van der Waals surface area contributed by atoms with E-state index >= 15 is 0 Å². The van der Waals surface area contributed by atoms with Gasteiger partial charge in [-0.15, -0.1) is 0 Å². The van der Waals surface area contributed by atoms with Crippen LogP contribution in [0.2, 0.25) is 0 Å². The molecular weight excluding hydrogens is 392 g/mol. The predicted octanol–water partition coefficient (Wildman–Crippen LogP) is 3.41. The molecule has 6 nitrogen and oxygen atoms in total. The summed E-state index contributed by atoms with van der Waals surface area (Å²) in [6, 6.07) is 26.8. The van der Waals surface area contributed by atoms with E-state index in [0.717, 1.165) is 11.1 Å². The van der Waals surface area contributed by atoms with Gasteiger partial charge in [-0.05, 0) is 23.3 Å². The summed E-state index contributed by atoms with van der Waals surface area (Å²) in [6.07, 6.45) is -0.0887. The Bertz CT molecular complexity index is 992. The molecule has 0 spiro atoms. The van der Waals surface area contributed by atoms with Gasteiger partial charge in [-0.25, -0.2) is 0 Å². The summed E-state index contributed by atoms with van der Waals surface area (Å²) in [6.45, 7) is -0.0171. The van der Waals surface area contributed by atoms with Crippen LogP contribution < -0.4 is 10.6 Å². The van der Waals surface area contributed by atoms with Crippen LogP contribution >= 0.6 is 0 Å². The van der Waals surface area contributed by atoms with Gasteiger partial charge in [0, 0.05) is 12.1 Å². The van der Waals surface area contributed by atoms with E-state index in [-0.39, 0.29) is 24.8 Å². The molecule has 2 N–H and O–H groups in total. The van der Waals surface area contributed by atoms with Crippen LogP contribution in [0.1, 0.15) is 33.9 Å². The topological polar surface area (TPSA) is 84.5 Å². The van der Waals surface area contributed by atoms with Gasteiger partial charge >= 0.3 is 5.97 Å². The number of amides is 2. The molecule has 0 saturated heterocycles. The molecule has 3 aromatic carbocycles. The minimum atomic E-state index is -0.575. The zero-order chi connectivity index (χ0) is 21.9. The Hall–Kier alpha value is -3.93. The first-order valence-electron chi connectivity index (χ1n) is 9.99. The van der Waals surface area contributed by atoms with Crippen molar-refractivity contribution in [3.63, 3.8) is 0 Å². The maximum atomic E-state index is 12.6. The Morgan fingerprint density at radius 1 is 0.774 bits per heavy atom. The first-order valence-corrected chi connectivity index (χ1v) is 9.99. The molecule has 2 amide bonds. The van der Waals surface area contributed by atoms with Gasteiger partial charge in [0.15, 0.2) is 6.61 Å². The normalized spacial score (nSPS) is 11.2. The first kappa shape index (κ1) is 21.8. The van der Waals surface area contributed by atoms with Crippen LogP contribution in [-0.2, 0) is 20.9 Å². The molecule has 0 heterocycles. The van der Waals surface area contributed by atoms with Gasteiger partial charge in [0.25, 0.3) is 11.8 Å². The highest BCUT2D eigenvalue weighted by Crippen LogP contribution is 2.18. The highest BCUT2D eigenvalue weighted by atomic mass is 16.5. The molecule has 3 rings (SSSR count). The Kier molecular flexibility index (Phi) is 7.94. The molecule has 6 heteroatoms. The van der Waals surface area contributed by atoms with E-state index in [1.54, 1.807) is 24.3 Å². The van der Waals surface area contributed by atoms with Crippen LogP contribution in [0.5, 0.6) is 0 Å². The first-order chi connectivity index (χ1) is 15.1. The molecule has 0 aliphatic carbocycles. The fourth-order valence-corrected chi connectivity index (χ4v) is 2.99. The van der Waals surface area contributed by atoms with Crippen LogP contribution in [0.3, 0.4) is 0 Å². The molecule has 158 valence electrons. The third-order valence-corrected chi connectivity index (χ3v) is 4.61. The molecule has 0 aliphatic heterocycles. The second kappa shape index (κ2) is 11.3. The number of hydrogen-bond acceptors (Lipinski definition) is 4. The minimum absolute atomic E-state index is 0.0887. The molecule has 0 fully saturated rings. The summed E-state index contributed by atoms with van der Waals surface area (Å²) in [4.78, 5) is 36.9. The predicted molar refractivity (Wildman–Crippen MR) is 117 cm³/mol. The number of ether oxygens (including phenoxy) is 1. The summed E-state index contributed by atoms with van der Waals surface area (Å²) in [5.74, 6) is -1.25. The molecule has 0 aliphatic rings. The number of hydrogen-bond donors (Lipinski definition) is 2. The molecule has 0 unspecified atom stereocenters. The zero-order valence-electron chi connectivity index (χ0n) is 17.0. The largest absolute Gasteiger partial charge is 0.456 e. The molecule has 0 saturated carbocycles. The van der Waals surface area contributed by atoms with Gasteiger partial charge in [-0.2, -0.15) is 0 Å². The Morgan fingerprint density at radius 3 is 2.00 bits per heavy atom. The average molecular weight is 416 g/mol. The number of carbonyl (C=O) groups is 3. The second-order valence-electron chi connectivity index (χ2n) is 6.93. The summed E-state index contributed by atoms with van der Waals surface area (Å²) in [7, 11) is 0. The lowest BCUT2D eigenvalue weighted by molar-refractivity contribution is -0.149. The van der Waals surface area contributed by atoms with Crippen molar-refractivity contribution in [3.05, 3.63) is 108 Å². The van der Waals surface area contributed by atoms with E-state index in [2.05, 4.69) is 10.6 Å². The van der Waals surface area contributed by atoms with Crippen molar-refractivity contribution in [2.24, 2.45) is 0 Å². The molecule has 3 aromatic rings. The van der Waals surface area contributed by atoms with Crippen LogP contribution in [0, 0.1) is 0 Å². The van der Waals surface area contributed by atoms with Gasteiger partial charge in [0.05, 0.1) is 12.5 Å². The highest BCUT2D eigenvalue weighted by Gasteiger charge is 2.20. The molecule has 0 radical (unpaired) electrons. The summed E-state index contributed by atoms with van der Waals surface area (Å²) in [5.41, 5.74) is 2.23. The van der Waals surface area contributed by atoms with E-state index < -0.39 is 12.0 Å². The van der Waals surface area contributed by atoms with Crippen molar-refractivity contribution in [1.82, 2.24) is 10.6 Å². The smallest absolute Gasteiger partial charge is 0.308 e. The summed E-state index contributed by atoms with van der Waals surface area (Å²) >= 11 is 0. The second-order valence-corrected chi connectivity index (χ2v) is 6.93. The van der Waals surface area contributed by atoms with E-state index in [4.69, 9.17) is 4.74 Å². The van der Waals surface area contributed by atoms with Crippen molar-refractivity contribution in [1.29, 1.82) is 0 Å². The Balaban J connectivity index is 1.54. The summed E-state index contributed by atoms with van der Waals surface area (Å²) < 4.78 is 5.13. The highest BCUT2D eigenvalue weighted by molar-refractivity contribution is 5.94. The summed E-state index contributed by atoms with van der Waals surface area (Å²) in [5, 5.41) is 5.58. The van der Waals surface area contributed by atoms with Gasteiger partial charge in [0.1, 0.15) is 0 Å². The Labute approximate surface area is 181 Å². The number of esters is 1. The van der Waals surface area contributed by atoms with Crippen LogP contribution in [0.4, 0.5) is 0 Å². The minimum Gasteiger partial charge on any atom is -0.456 e. The molecule has 0 bridgehead atoms. The lowest BCUT2D eigenvalue weighted by Gasteiger charge is -2.19. The van der Waals surface area contributed by atoms with Crippen molar-refractivity contribution >= 4 is 17.8 Å². The third-order valence-electron chi connectivity index (χ3n) is 4.61. The van der Waals surface area contributed by atoms with Crippen LogP contribution in [0.25, 0.3) is 0 Å². The van der Waals surface area contributed by atoms with E-state index in [1.165, 1.54) is 0 Å². The molecule has 31 heavy (non-hydrogen) atoms. The van der Waals surface area contributed by atoms with E-state index in [1.807, 2.05) is 66.7 Å². The SMILES string of the molecule is O=C(COC(=O)C[C@@H](NC(=O)c1ccccc1)c1ccccc1)NCc1ccccc1. The zero-order valence-corrected chi connectivity index (χ0v) is 17.0. The van der Waals surface area contributed by atoms with Crippen molar-refractivity contribution in [2.45, 2.75) is 19.0 Å². The van der Waals surface area contributed by atoms with Gasteiger partial charge in [-0.1, -0.05) is 78.9 Å². The lowest BCUT2D eigenvalue weighted by Crippen LogP contribution is -2.32. The van der Waals surface area contributed by atoms with Crippen molar-refractivity contribution in [2.75, 3.05) is 6.61 Å². The maximum absolute atomic E-state index is 12.6. The molecule has 0 aromatic heterocycles. The van der Waals surface area contributed by atoms with E-state index in [0.29, 0.717) is 12.1 Å². The average Bonchev–Trinajstić information content (AvgIpc) is 2.82. The quantitative estimate of drug-likeness (QED) is 0.524. The fourth-order valence-electron chi connectivity index (χ4n) is 2.99. The number of carbonyl (C=O) groups excluding carboxylic acids is 3. The van der Waals surface area contributed by atoms with Crippen molar-refractivity contribution < 1.29 is 19.1 Å². The lowest BCUT2D eigenvalue weighted by atomic mass is 10.0. The fraction of sp³-hybridized carbons (Fsp3) is 0.160. The van der Waals surface area contributed by atoms with E-state index in [9.17, 15) is 14.4 Å². The van der Waals surface area contributed by atoms with Gasteiger partial charge in [0.2, 0.25) is 0 Å². The van der Waals surface area contributed by atoms with Crippen molar-refractivity contribution in [3.8, 4) is 0 Å². The molecular formula is C25H24N2O4. The number of rotatable bonds is 9. The Morgan fingerprint density at radius 2 is 1.35 bits per heavy atom.